The lowest BCUT2D eigenvalue weighted by Gasteiger charge is -2.33. The summed E-state index contributed by atoms with van der Waals surface area (Å²) in [5, 5.41) is 3.14. The van der Waals surface area contributed by atoms with Crippen molar-refractivity contribution >= 4 is 27.7 Å². The van der Waals surface area contributed by atoms with Crippen LogP contribution in [0.25, 0.3) is 0 Å². The fourth-order valence-corrected chi connectivity index (χ4v) is 3.96. The summed E-state index contributed by atoms with van der Waals surface area (Å²) >= 11 is 3.46. The van der Waals surface area contributed by atoms with E-state index in [0.717, 1.165) is 35.7 Å². The van der Waals surface area contributed by atoms with E-state index in [1.54, 1.807) is 4.90 Å². The molecule has 0 bridgehead atoms. The van der Waals surface area contributed by atoms with Gasteiger partial charge < -0.3 is 15.0 Å². The smallest absolute Gasteiger partial charge is 0.261 e. The minimum absolute atomic E-state index is 0.0416. The molecule has 2 amide bonds. The molecule has 1 aromatic rings. The topological polar surface area (TPSA) is 58.6 Å². The number of carbonyl (C=O) groups is 2. The van der Waals surface area contributed by atoms with Crippen molar-refractivity contribution in [1.82, 2.24) is 10.2 Å². The third-order valence-electron chi connectivity index (χ3n) is 4.69. The van der Waals surface area contributed by atoms with Gasteiger partial charge in [-0.15, -0.1) is 0 Å². The van der Waals surface area contributed by atoms with Gasteiger partial charge in [0.05, 0.1) is 0 Å². The van der Waals surface area contributed by atoms with E-state index < -0.39 is 6.04 Å². The van der Waals surface area contributed by atoms with Gasteiger partial charge in [0.15, 0.2) is 6.61 Å². The van der Waals surface area contributed by atoms with Crippen molar-refractivity contribution in [3.8, 4) is 5.75 Å². The molecule has 5 nitrogen and oxygen atoms in total. The number of nitrogens with one attached hydrogen (secondary N) is 1. The van der Waals surface area contributed by atoms with Gasteiger partial charge in [0.1, 0.15) is 11.8 Å². The normalized spacial score (nSPS) is 21.4. The Morgan fingerprint density at radius 1 is 1.33 bits per heavy atom. The van der Waals surface area contributed by atoms with Crippen LogP contribution in [0.1, 0.15) is 51.1 Å². The first kappa shape index (κ1) is 17.3. The number of benzene rings is 1. The average Bonchev–Trinajstić information content (AvgIpc) is 2.98. The van der Waals surface area contributed by atoms with Crippen LogP contribution >= 0.6 is 15.9 Å². The Kier molecular flexibility index (Phi) is 5.13. The Balaban J connectivity index is 1.99. The molecule has 1 unspecified atom stereocenters. The second-order valence-electron chi connectivity index (χ2n) is 6.76. The van der Waals surface area contributed by atoms with Crippen LogP contribution in [-0.2, 0) is 9.59 Å². The zero-order valence-corrected chi connectivity index (χ0v) is 15.6. The molecule has 0 saturated heterocycles. The maximum Gasteiger partial charge on any atom is 0.261 e. The van der Waals surface area contributed by atoms with Crippen LogP contribution in [0, 0.1) is 0 Å². The maximum absolute atomic E-state index is 13.1. The van der Waals surface area contributed by atoms with E-state index in [9.17, 15) is 9.59 Å². The molecule has 0 radical (unpaired) electrons. The SMILES string of the molecule is CC(C)N1C(=O)COc2ccc(Br)cc2C1C(=O)NC1CCCC1. The zero-order valence-electron chi connectivity index (χ0n) is 14.0. The lowest BCUT2D eigenvalue weighted by molar-refractivity contribution is -0.143. The monoisotopic (exact) mass is 394 g/mol. The van der Waals surface area contributed by atoms with E-state index in [4.69, 9.17) is 4.74 Å². The second kappa shape index (κ2) is 7.13. The molecule has 1 N–H and O–H groups in total. The van der Waals surface area contributed by atoms with Gasteiger partial charge in [-0.05, 0) is 44.9 Å². The summed E-state index contributed by atoms with van der Waals surface area (Å²) < 4.78 is 6.52. The molecule has 0 spiro atoms. The van der Waals surface area contributed by atoms with E-state index in [2.05, 4.69) is 21.2 Å². The summed E-state index contributed by atoms with van der Waals surface area (Å²) in [5.74, 6) is 0.318. The van der Waals surface area contributed by atoms with Gasteiger partial charge in [-0.25, -0.2) is 0 Å². The van der Waals surface area contributed by atoms with E-state index in [1.165, 1.54) is 0 Å². The molecular weight excluding hydrogens is 372 g/mol. The van der Waals surface area contributed by atoms with Gasteiger partial charge >= 0.3 is 0 Å². The van der Waals surface area contributed by atoms with Gasteiger partial charge in [0.2, 0.25) is 5.91 Å². The van der Waals surface area contributed by atoms with Crippen LogP contribution in [0.4, 0.5) is 0 Å². The number of amides is 2. The highest BCUT2D eigenvalue weighted by molar-refractivity contribution is 9.10. The summed E-state index contributed by atoms with van der Waals surface area (Å²) in [6.45, 7) is 3.81. The van der Waals surface area contributed by atoms with Crippen LogP contribution < -0.4 is 10.1 Å². The predicted octanol–water partition coefficient (Wildman–Crippen LogP) is 3.18. The maximum atomic E-state index is 13.1. The Hall–Kier alpha value is -1.56. The highest BCUT2D eigenvalue weighted by Crippen LogP contribution is 2.36. The molecule has 1 saturated carbocycles. The summed E-state index contributed by atoms with van der Waals surface area (Å²) in [6.07, 6.45) is 4.31. The largest absolute Gasteiger partial charge is 0.483 e. The lowest BCUT2D eigenvalue weighted by Crippen LogP contribution is -2.48. The molecule has 24 heavy (non-hydrogen) atoms. The molecule has 130 valence electrons. The average molecular weight is 395 g/mol. The molecule has 1 fully saturated rings. The van der Waals surface area contributed by atoms with Crippen molar-refractivity contribution in [3.05, 3.63) is 28.2 Å². The Bertz CT molecular complexity index is 641. The van der Waals surface area contributed by atoms with Crippen molar-refractivity contribution in [2.75, 3.05) is 6.61 Å². The summed E-state index contributed by atoms with van der Waals surface area (Å²) in [4.78, 5) is 27.3. The Morgan fingerprint density at radius 3 is 2.71 bits per heavy atom. The minimum atomic E-state index is -0.659. The summed E-state index contributed by atoms with van der Waals surface area (Å²) in [6, 6.07) is 5.01. The molecule has 1 aromatic carbocycles. The van der Waals surface area contributed by atoms with Crippen molar-refractivity contribution in [1.29, 1.82) is 0 Å². The number of fused-ring (bicyclic) bond motifs is 1. The lowest BCUT2D eigenvalue weighted by atomic mass is 10.0. The van der Waals surface area contributed by atoms with Crippen LogP contribution in [0.3, 0.4) is 0 Å². The first-order chi connectivity index (χ1) is 11.5. The van der Waals surface area contributed by atoms with E-state index in [0.29, 0.717) is 5.75 Å². The molecule has 1 aliphatic carbocycles. The van der Waals surface area contributed by atoms with E-state index in [1.807, 2.05) is 32.0 Å². The van der Waals surface area contributed by atoms with Gasteiger partial charge in [0.25, 0.3) is 5.91 Å². The number of rotatable bonds is 3. The summed E-state index contributed by atoms with van der Waals surface area (Å²) in [7, 11) is 0. The van der Waals surface area contributed by atoms with Crippen LogP contribution in [0.15, 0.2) is 22.7 Å². The van der Waals surface area contributed by atoms with Gasteiger partial charge in [0, 0.05) is 22.1 Å². The molecule has 1 atom stereocenters. The zero-order chi connectivity index (χ0) is 17.3. The molecule has 2 aliphatic rings. The van der Waals surface area contributed by atoms with Crippen molar-refractivity contribution in [3.63, 3.8) is 0 Å². The van der Waals surface area contributed by atoms with Crippen LogP contribution in [0.2, 0.25) is 0 Å². The molecule has 0 aromatic heterocycles. The van der Waals surface area contributed by atoms with Crippen molar-refractivity contribution in [2.45, 2.75) is 57.7 Å². The highest BCUT2D eigenvalue weighted by atomic mass is 79.9. The van der Waals surface area contributed by atoms with Crippen LogP contribution in [-0.4, -0.2) is 35.4 Å². The molecule has 1 aliphatic heterocycles. The number of nitrogens with zero attached hydrogens (tertiary/aromatic N) is 1. The standard InChI is InChI=1S/C18H23BrN2O3/c1-11(2)21-16(22)10-24-15-8-7-12(19)9-14(15)17(21)18(23)20-13-5-3-4-6-13/h7-9,11,13,17H,3-6,10H2,1-2H3,(H,20,23). The summed E-state index contributed by atoms with van der Waals surface area (Å²) in [5.41, 5.74) is 0.736. The third kappa shape index (κ3) is 3.43. The number of hydrogen-bond acceptors (Lipinski definition) is 3. The third-order valence-corrected chi connectivity index (χ3v) is 5.18. The first-order valence-electron chi connectivity index (χ1n) is 8.51. The highest BCUT2D eigenvalue weighted by Gasteiger charge is 2.38. The van der Waals surface area contributed by atoms with E-state index in [-0.39, 0.29) is 30.5 Å². The van der Waals surface area contributed by atoms with Crippen molar-refractivity contribution in [2.24, 2.45) is 0 Å². The van der Waals surface area contributed by atoms with Crippen LogP contribution in [0.5, 0.6) is 5.75 Å². The number of carbonyl (C=O) groups excluding carboxylic acids is 2. The first-order valence-corrected chi connectivity index (χ1v) is 9.30. The fourth-order valence-electron chi connectivity index (χ4n) is 3.58. The quantitative estimate of drug-likeness (QED) is 0.856. The minimum Gasteiger partial charge on any atom is -0.483 e. The molecule has 1 heterocycles. The Labute approximate surface area is 150 Å². The van der Waals surface area contributed by atoms with E-state index >= 15 is 0 Å². The second-order valence-corrected chi connectivity index (χ2v) is 7.67. The van der Waals surface area contributed by atoms with Gasteiger partial charge in [-0.1, -0.05) is 28.8 Å². The fraction of sp³-hybridized carbons (Fsp3) is 0.556. The van der Waals surface area contributed by atoms with Gasteiger partial charge in [-0.3, -0.25) is 9.59 Å². The number of ether oxygens (including phenoxy) is 1. The van der Waals surface area contributed by atoms with Gasteiger partial charge in [-0.2, -0.15) is 0 Å². The molecule has 6 heteroatoms. The number of halogens is 1. The predicted molar refractivity (Wildman–Crippen MR) is 94.8 cm³/mol. The molecular formula is C18H23BrN2O3. The number of hydrogen-bond donors (Lipinski definition) is 1. The molecule has 3 rings (SSSR count). The Morgan fingerprint density at radius 2 is 2.04 bits per heavy atom. The van der Waals surface area contributed by atoms with Crippen molar-refractivity contribution < 1.29 is 14.3 Å².